The van der Waals surface area contributed by atoms with E-state index in [-0.39, 0.29) is 18.4 Å². The van der Waals surface area contributed by atoms with Crippen molar-refractivity contribution in [1.82, 2.24) is 4.90 Å². The Balaban J connectivity index is 0.00000196. The summed E-state index contributed by atoms with van der Waals surface area (Å²) in [7, 11) is 1.43. The molecular weight excluding hydrogens is 216 g/mol. The Labute approximate surface area is 97.5 Å². The molecule has 2 N–H and O–H groups in total. The maximum Gasteiger partial charge on any atom is 0.319 e. The molecule has 90 valence electrons. The zero-order chi connectivity index (χ0) is 10.4. The van der Waals surface area contributed by atoms with Crippen LogP contribution in [0.4, 0.5) is 0 Å². The van der Waals surface area contributed by atoms with Crippen LogP contribution in [0, 0.1) is 5.92 Å². The number of halogens is 1. The van der Waals surface area contributed by atoms with Crippen molar-refractivity contribution in [3.05, 3.63) is 0 Å². The number of nitrogens with zero attached hydrogens (tertiary/aromatic N) is 1. The second kappa shape index (κ2) is 7.91. The average molecular weight is 237 g/mol. The molecule has 15 heavy (non-hydrogen) atoms. The summed E-state index contributed by atoms with van der Waals surface area (Å²) >= 11 is 0. The highest BCUT2D eigenvalue weighted by Crippen LogP contribution is 2.18. The molecule has 0 radical (unpaired) electrons. The van der Waals surface area contributed by atoms with Crippen LogP contribution >= 0.6 is 12.4 Å². The molecule has 1 aliphatic heterocycles. The van der Waals surface area contributed by atoms with Crippen LogP contribution in [0.15, 0.2) is 0 Å². The summed E-state index contributed by atoms with van der Waals surface area (Å²) in [4.78, 5) is 13.2. The first-order valence-electron chi connectivity index (χ1n) is 5.25. The van der Waals surface area contributed by atoms with Gasteiger partial charge in [0.2, 0.25) is 0 Å². The smallest absolute Gasteiger partial charge is 0.319 e. The van der Waals surface area contributed by atoms with Gasteiger partial charge in [0, 0.05) is 6.54 Å². The number of esters is 1. The Morgan fingerprint density at radius 3 is 2.93 bits per heavy atom. The highest BCUT2D eigenvalue weighted by atomic mass is 35.5. The van der Waals surface area contributed by atoms with Gasteiger partial charge in [-0.15, -0.1) is 12.4 Å². The van der Waals surface area contributed by atoms with Gasteiger partial charge in [-0.05, 0) is 38.3 Å². The predicted octanol–water partition coefficient (Wildman–Crippen LogP) is 0.642. The van der Waals surface area contributed by atoms with Gasteiger partial charge >= 0.3 is 5.97 Å². The molecule has 1 fully saturated rings. The molecule has 0 saturated carbocycles. The van der Waals surface area contributed by atoms with Gasteiger partial charge < -0.3 is 10.5 Å². The molecule has 1 rings (SSSR count). The van der Waals surface area contributed by atoms with Crippen LogP contribution in [0.5, 0.6) is 0 Å². The molecule has 1 heterocycles. The van der Waals surface area contributed by atoms with Crippen LogP contribution < -0.4 is 5.73 Å². The van der Waals surface area contributed by atoms with Gasteiger partial charge in [-0.3, -0.25) is 9.69 Å². The zero-order valence-corrected chi connectivity index (χ0v) is 10.1. The molecule has 0 aromatic heterocycles. The molecule has 0 aliphatic carbocycles. The van der Waals surface area contributed by atoms with Crippen molar-refractivity contribution in [3.8, 4) is 0 Å². The third-order valence-corrected chi connectivity index (χ3v) is 2.76. The largest absolute Gasteiger partial charge is 0.468 e. The standard InChI is InChI=1S/C10H20N2O2.ClH/c1-14-10(13)8-12-6-2-3-9(7-12)4-5-11;/h9H,2-8,11H2,1H3;1H. The summed E-state index contributed by atoms with van der Waals surface area (Å²) in [6.45, 7) is 3.18. The Morgan fingerprint density at radius 2 is 2.33 bits per heavy atom. The fourth-order valence-electron chi connectivity index (χ4n) is 2.01. The van der Waals surface area contributed by atoms with E-state index in [4.69, 9.17) is 5.73 Å². The van der Waals surface area contributed by atoms with Crippen LogP contribution in [0.2, 0.25) is 0 Å². The second-order valence-electron chi connectivity index (χ2n) is 3.90. The Morgan fingerprint density at radius 1 is 1.60 bits per heavy atom. The lowest BCUT2D eigenvalue weighted by molar-refractivity contribution is -0.142. The number of rotatable bonds is 4. The Bertz CT molecular complexity index is 188. The summed E-state index contributed by atoms with van der Waals surface area (Å²) in [5.41, 5.74) is 5.52. The van der Waals surface area contributed by atoms with E-state index < -0.39 is 0 Å². The number of carbonyl (C=O) groups excluding carboxylic acids is 1. The molecule has 0 spiro atoms. The number of ether oxygens (including phenoxy) is 1. The lowest BCUT2D eigenvalue weighted by Gasteiger charge is -2.31. The zero-order valence-electron chi connectivity index (χ0n) is 9.28. The van der Waals surface area contributed by atoms with Crippen molar-refractivity contribution >= 4 is 18.4 Å². The van der Waals surface area contributed by atoms with Crippen molar-refractivity contribution in [2.24, 2.45) is 11.7 Å². The Kier molecular flexibility index (Phi) is 7.74. The van der Waals surface area contributed by atoms with Gasteiger partial charge in [-0.1, -0.05) is 0 Å². The number of methoxy groups -OCH3 is 1. The van der Waals surface area contributed by atoms with E-state index in [9.17, 15) is 4.79 Å². The van der Waals surface area contributed by atoms with Gasteiger partial charge in [0.1, 0.15) is 0 Å². The number of piperidine rings is 1. The predicted molar refractivity (Wildman–Crippen MR) is 62.1 cm³/mol. The van der Waals surface area contributed by atoms with Crippen molar-refractivity contribution in [2.45, 2.75) is 19.3 Å². The van der Waals surface area contributed by atoms with E-state index >= 15 is 0 Å². The fraction of sp³-hybridized carbons (Fsp3) is 0.900. The SMILES string of the molecule is COC(=O)CN1CCCC(CCN)C1.Cl. The van der Waals surface area contributed by atoms with Crippen LogP contribution in [-0.4, -0.2) is 44.2 Å². The molecule has 1 atom stereocenters. The minimum absolute atomic E-state index is 0. The first kappa shape index (κ1) is 14.7. The molecule has 5 heteroatoms. The van der Waals surface area contributed by atoms with E-state index in [0.29, 0.717) is 12.5 Å². The van der Waals surface area contributed by atoms with Gasteiger partial charge in [-0.2, -0.15) is 0 Å². The van der Waals surface area contributed by atoms with Crippen molar-refractivity contribution in [3.63, 3.8) is 0 Å². The first-order valence-corrected chi connectivity index (χ1v) is 5.25. The van der Waals surface area contributed by atoms with Crippen LogP contribution in [0.1, 0.15) is 19.3 Å². The van der Waals surface area contributed by atoms with Crippen LogP contribution in [-0.2, 0) is 9.53 Å². The molecule has 0 aromatic rings. The van der Waals surface area contributed by atoms with Crippen molar-refractivity contribution in [1.29, 1.82) is 0 Å². The third-order valence-electron chi connectivity index (χ3n) is 2.76. The van der Waals surface area contributed by atoms with Crippen molar-refractivity contribution < 1.29 is 9.53 Å². The highest BCUT2D eigenvalue weighted by Gasteiger charge is 2.20. The van der Waals surface area contributed by atoms with Gasteiger partial charge in [0.05, 0.1) is 13.7 Å². The fourth-order valence-corrected chi connectivity index (χ4v) is 2.01. The quantitative estimate of drug-likeness (QED) is 0.728. The highest BCUT2D eigenvalue weighted by molar-refractivity contribution is 5.85. The molecule has 1 unspecified atom stereocenters. The van der Waals surface area contributed by atoms with E-state index in [0.717, 1.165) is 26.1 Å². The number of hydrogen-bond donors (Lipinski definition) is 1. The maximum atomic E-state index is 11.1. The topological polar surface area (TPSA) is 55.6 Å². The third kappa shape index (κ3) is 5.35. The minimum atomic E-state index is -0.140. The normalized spacial score (nSPS) is 21.9. The number of nitrogens with two attached hydrogens (primary N) is 1. The average Bonchev–Trinajstić information content (AvgIpc) is 2.19. The van der Waals surface area contributed by atoms with Gasteiger partial charge in [-0.25, -0.2) is 0 Å². The lowest BCUT2D eigenvalue weighted by Crippen LogP contribution is -2.39. The number of likely N-dealkylation sites (tertiary alicyclic amines) is 1. The van der Waals surface area contributed by atoms with Crippen LogP contribution in [0.3, 0.4) is 0 Å². The van der Waals surface area contributed by atoms with Gasteiger partial charge in [0.15, 0.2) is 0 Å². The Hall–Kier alpha value is -0.320. The maximum absolute atomic E-state index is 11.1. The molecule has 1 saturated heterocycles. The lowest BCUT2D eigenvalue weighted by atomic mass is 9.95. The summed E-state index contributed by atoms with van der Waals surface area (Å²) in [6, 6.07) is 0. The molecule has 1 aliphatic rings. The monoisotopic (exact) mass is 236 g/mol. The molecular formula is C10H21ClN2O2. The molecule has 0 aromatic carbocycles. The second-order valence-corrected chi connectivity index (χ2v) is 3.90. The van der Waals surface area contributed by atoms with E-state index in [2.05, 4.69) is 9.64 Å². The number of carbonyl (C=O) groups is 1. The van der Waals surface area contributed by atoms with E-state index in [1.807, 2.05) is 0 Å². The minimum Gasteiger partial charge on any atom is -0.468 e. The number of hydrogen-bond acceptors (Lipinski definition) is 4. The van der Waals surface area contributed by atoms with Crippen molar-refractivity contribution in [2.75, 3.05) is 33.3 Å². The summed E-state index contributed by atoms with van der Waals surface area (Å²) in [5.74, 6) is 0.525. The summed E-state index contributed by atoms with van der Waals surface area (Å²) in [5, 5.41) is 0. The molecule has 0 bridgehead atoms. The van der Waals surface area contributed by atoms with Crippen LogP contribution in [0.25, 0.3) is 0 Å². The summed E-state index contributed by atoms with van der Waals surface area (Å²) < 4.78 is 4.64. The molecule has 0 amide bonds. The van der Waals surface area contributed by atoms with E-state index in [1.54, 1.807) is 0 Å². The summed E-state index contributed by atoms with van der Waals surface area (Å²) in [6.07, 6.45) is 3.48. The first-order chi connectivity index (χ1) is 6.76. The van der Waals surface area contributed by atoms with Gasteiger partial charge in [0.25, 0.3) is 0 Å². The van der Waals surface area contributed by atoms with E-state index in [1.165, 1.54) is 20.0 Å². The molecule has 4 nitrogen and oxygen atoms in total.